The summed E-state index contributed by atoms with van der Waals surface area (Å²) in [6.45, 7) is 4.62. The van der Waals surface area contributed by atoms with Gasteiger partial charge in [-0.3, -0.25) is 9.59 Å². The number of aromatic amines is 1. The third kappa shape index (κ3) is 5.56. The van der Waals surface area contributed by atoms with Crippen molar-refractivity contribution >= 4 is 16.8 Å². The molecule has 0 unspecified atom stereocenters. The van der Waals surface area contributed by atoms with Gasteiger partial charge in [-0.2, -0.15) is 0 Å². The normalized spacial score (nSPS) is 21.4. The molecule has 2 aliphatic heterocycles. The Hall–Kier alpha value is -2.25. The van der Waals surface area contributed by atoms with Crippen LogP contribution in [0.5, 0.6) is 0 Å². The summed E-state index contributed by atoms with van der Waals surface area (Å²) in [5.41, 5.74) is 0.532. The summed E-state index contributed by atoms with van der Waals surface area (Å²) >= 11 is 0. The highest BCUT2D eigenvalue weighted by atomic mass is 16.5. The molecule has 7 nitrogen and oxygen atoms in total. The predicted molar refractivity (Wildman–Crippen MR) is 126 cm³/mol. The van der Waals surface area contributed by atoms with Crippen LogP contribution in [-0.4, -0.2) is 71.6 Å². The molecule has 0 radical (unpaired) electrons. The number of piperidine rings is 2. The number of hydrogen-bond acceptors (Lipinski definition) is 5. The van der Waals surface area contributed by atoms with Gasteiger partial charge >= 0.3 is 0 Å². The van der Waals surface area contributed by atoms with Crippen LogP contribution in [0.4, 0.5) is 0 Å². The number of aromatic nitrogens is 2. The molecule has 1 N–H and O–H groups in total. The molecule has 2 atom stereocenters. The van der Waals surface area contributed by atoms with Crippen molar-refractivity contribution in [1.82, 2.24) is 19.8 Å². The third-order valence-corrected chi connectivity index (χ3v) is 7.05. The van der Waals surface area contributed by atoms with Crippen molar-refractivity contribution in [3.8, 4) is 0 Å². The zero-order chi connectivity index (χ0) is 22.3. The van der Waals surface area contributed by atoms with Crippen molar-refractivity contribution < 1.29 is 9.53 Å². The van der Waals surface area contributed by atoms with Gasteiger partial charge in [0.1, 0.15) is 5.82 Å². The lowest BCUT2D eigenvalue weighted by molar-refractivity contribution is -0.132. The lowest BCUT2D eigenvalue weighted by Crippen LogP contribution is -2.51. The van der Waals surface area contributed by atoms with Crippen LogP contribution in [0.1, 0.15) is 50.8 Å². The van der Waals surface area contributed by atoms with Gasteiger partial charge in [-0.1, -0.05) is 18.6 Å². The van der Waals surface area contributed by atoms with Crippen LogP contribution in [0, 0.1) is 5.92 Å². The number of methoxy groups -OCH3 is 1. The number of carbonyl (C=O) groups is 1. The van der Waals surface area contributed by atoms with Crippen molar-refractivity contribution in [1.29, 1.82) is 0 Å². The maximum atomic E-state index is 13.2. The molecule has 0 saturated carbocycles. The SMILES string of the molecule is COCCCN(C[C@@H]1CCCN2CCCC[C@@H]12)C(=O)CCc1nc2ccccc2c(=O)[nH]1. The smallest absolute Gasteiger partial charge is 0.258 e. The van der Waals surface area contributed by atoms with Gasteiger partial charge < -0.3 is 19.5 Å². The number of H-pyrrole nitrogens is 1. The average molecular weight is 441 g/mol. The third-order valence-electron chi connectivity index (χ3n) is 7.05. The van der Waals surface area contributed by atoms with Crippen LogP contribution in [0.25, 0.3) is 10.9 Å². The summed E-state index contributed by atoms with van der Waals surface area (Å²) < 4.78 is 5.24. The number of carbonyl (C=O) groups excluding carboxylic acids is 1. The van der Waals surface area contributed by atoms with E-state index in [1.165, 1.54) is 45.2 Å². The predicted octanol–water partition coefficient (Wildman–Crippen LogP) is 2.99. The van der Waals surface area contributed by atoms with Gasteiger partial charge in [0.05, 0.1) is 10.9 Å². The van der Waals surface area contributed by atoms with E-state index in [0.29, 0.717) is 48.1 Å². The minimum Gasteiger partial charge on any atom is -0.385 e. The zero-order valence-electron chi connectivity index (χ0n) is 19.2. The molecular weight excluding hydrogens is 404 g/mol. The Morgan fingerprint density at radius 1 is 1.22 bits per heavy atom. The average Bonchev–Trinajstić information content (AvgIpc) is 2.82. The maximum Gasteiger partial charge on any atom is 0.258 e. The Morgan fingerprint density at radius 2 is 2.06 bits per heavy atom. The summed E-state index contributed by atoms with van der Waals surface area (Å²) in [6.07, 6.45) is 7.93. The Bertz CT molecular complexity index is 958. The van der Waals surface area contributed by atoms with Crippen molar-refractivity contribution in [2.45, 2.75) is 57.4 Å². The molecular formula is C25H36N4O3. The summed E-state index contributed by atoms with van der Waals surface area (Å²) in [6, 6.07) is 7.94. The van der Waals surface area contributed by atoms with E-state index in [0.717, 1.165) is 19.5 Å². The maximum absolute atomic E-state index is 13.2. The Balaban J connectivity index is 1.41. The summed E-state index contributed by atoms with van der Waals surface area (Å²) in [4.78, 5) is 37.7. The van der Waals surface area contributed by atoms with Crippen LogP contribution >= 0.6 is 0 Å². The largest absolute Gasteiger partial charge is 0.385 e. The number of fused-ring (bicyclic) bond motifs is 2. The lowest BCUT2D eigenvalue weighted by Gasteiger charge is -2.45. The first-order chi connectivity index (χ1) is 15.7. The van der Waals surface area contributed by atoms with E-state index in [4.69, 9.17) is 4.74 Å². The van der Waals surface area contributed by atoms with E-state index in [-0.39, 0.29) is 11.5 Å². The van der Waals surface area contributed by atoms with Crippen LogP contribution in [0.2, 0.25) is 0 Å². The second-order valence-electron chi connectivity index (χ2n) is 9.22. The summed E-state index contributed by atoms with van der Waals surface area (Å²) in [7, 11) is 1.70. The molecule has 2 saturated heterocycles. The van der Waals surface area contributed by atoms with E-state index in [1.807, 2.05) is 23.1 Å². The topological polar surface area (TPSA) is 78.5 Å². The van der Waals surface area contributed by atoms with Gasteiger partial charge in [0.25, 0.3) is 5.56 Å². The highest BCUT2D eigenvalue weighted by Gasteiger charge is 2.34. The highest BCUT2D eigenvalue weighted by Crippen LogP contribution is 2.31. The summed E-state index contributed by atoms with van der Waals surface area (Å²) in [5.74, 6) is 1.27. The highest BCUT2D eigenvalue weighted by molar-refractivity contribution is 5.78. The van der Waals surface area contributed by atoms with E-state index in [2.05, 4.69) is 14.9 Å². The molecule has 0 aliphatic carbocycles. The molecule has 7 heteroatoms. The van der Waals surface area contributed by atoms with Crippen LogP contribution in [0.15, 0.2) is 29.1 Å². The van der Waals surface area contributed by atoms with Crippen LogP contribution < -0.4 is 5.56 Å². The lowest BCUT2D eigenvalue weighted by atomic mass is 9.83. The number of rotatable bonds is 9. The van der Waals surface area contributed by atoms with Crippen molar-refractivity contribution in [2.24, 2.45) is 5.92 Å². The second-order valence-corrected chi connectivity index (χ2v) is 9.22. The number of para-hydroxylation sites is 1. The Labute approximate surface area is 190 Å². The molecule has 32 heavy (non-hydrogen) atoms. The number of aryl methyl sites for hydroxylation is 1. The number of ether oxygens (including phenoxy) is 1. The number of benzene rings is 1. The molecule has 1 aromatic heterocycles. The standard InChI is InChI=1S/C25H36N4O3/c1-32-17-7-16-29(18-19-8-6-15-28-14-5-4-11-22(19)28)24(30)13-12-23-26-21-10-3-2-9-20(21)25(31)27-23/h2-3,9-10,19,22H,4-8,11-18H2,1H3,(H,26,27,31)/t19-,22-/m0/s1. The molecule has 4 rings (SSSR count). The quantitative estimate of drug-likeness (QED) is 0.607. The van der Waals surface area contributed by atoms with Crippen LogP contribution in [0.3, 0.4) is 0 Å². The number of amides is 1. The van der Waals surface area contributed by atoms with Gasteiger partial charge in [0.15, 0.2) is 0 Å². The van der Waals surface area contributed by atoms with Gasteiger partial charge in [-0.05, 0) is 63.2 Å². The monoisotopic (exact) mass is 440 g/mol. The molecule has 1 amide bonds. The first kappa shape index (κ1) is 22.9. The molecule has 0 bridgehead atoms. The number of nitrogens with one attached hydrogen (secondary N) is 1. The number of nitrogens with zero attached hydrogens (tertiary/aromatic N) is 3. The van der Waals surface area contributed by atoms with Gasteiger partial charge in [-0.15, -0.1) is 0 Å². The Morgan fingerprint density at radius 3 is 2.94 bits per heavy atom. The zero-order valence-corrected chi connectivity index (χ0v) is 19.2. The van der Waals surface area contributed by atoms with Gasteiger partial charge in [-0.25, -0.2) is 4.98 Å². The molecule has 2 aromatic rings. The molecule has 3 heterocycles. The Kier molecular flexibility index (Phi) is 7.92. The van der Waals surface area contributed by atoms with Gasteiger partial charge in [0, 0.05) is 45.7 Å². The molecule has 2 aliphatic rings. The number of hydrogen-bond donors (Lipinski definition) is 1. The molecule has 1 aromatic carbocycles. The van der Waals surface area contributed by atoms with Crippen molar-refractivity contribution in [3.63, 3.8) is 0 Å². The van der Waals surface area contributed by atoms with E-state index in [9.17, 15) is 9.59 Å². The fourth-order valence-corrected chi connectivity index (χ4v) is 5.43. The van der Waals surface area contributed by atoms with Gasteiger partial charge in [0.2, 0.25) is 5.91 Å². The first-order valence-electron chi connectivity index (χ1n) is 12.1. The minimum absolute atomic E-state index is 0.143. The molecule has 2 fully saturated rings. The molecule has 0 spiro atoms. The summed E-state index contributed by atoms with van der Waals surface area (Å²) in [5, 5.41) is 0.582. The van der Waals surface area contributed by atoms with E-state index < -0.39 is 0 Å². The van der Waals surface area contributed by atoms with Crippen LogP contribution in [-0.2, 0) is 16.0 Å². The first-order valence-corrected chi connectivity index (χ1v) is 12.1. The minimum atomic E-state index is -0.144. The van der Waals surface area contributed by atoms with Crippen molar-refractivity contribution in [3.05, 3.63) is 40.4 Å². The van der Waals surface area contributed by atoms with E-state index in [1.54, 1.807) is 13.2 Å². The van der Waals surface area contributed by atoms with Crippen molar-refractivity contribution in [2.75, 3.05) is 39.9 Å². The fraction of sp³-hybridized carbons (Fsp3) is 0.640. The second kappa shape index (κ2) is 11.1. The fourth-order valence-electron chi connectivity index (χ4n) is 5.43. The molecule has 174 valence electrons. The van der Waals surface area contributed by atoms with E-state index >= 15 is 0 Å².